The van der Waals surface area contributed by atoms with Gasteiger partial charge in [0.05, 0.1) is 6.26 Å². The lowest BCUT2D eigenvalue weighted by atomic mass is 10.5. The Morgan fingerprint density at radius 1 is 1.70 bits per heavy atom. The highest BCUT2D eigenvalue weighted by atomic mass is 16.3. The largest absolute Gasteiger partial charge is 0.470 e. The summed E-state index contributed by atoms with van der Waals surface area (Å²) in [6.45, 7) is 1.92. The van der Waals surface area contributed by atoms with E-state index in [4.69, 9.17) is 9.21 Å². The molecule has 1 aromatic heterocycles. The summed E-state index contributed by atoms with van der Waals surface area (Å²) in [5.74, 6) is 0.968. The van der Waals surface area contributed by atoms with Crippen LogP contribution in [0.2, 0.25) is 0 Å². The summed E-state index contributed by atoms with van der Waals surface area (Å²) in [5.41, 5.74) is 0. The first-order valence-corrected chi connectivity index (χ1v) is 2.92. The first-order valence-electron chi connectivity index (χ1n) is 2.92. The van der Waals surface area contributed by atoms with Crippen LogP contribution in [0.4, 0.5) is 0 Å². The molecule has 0 bridgehead atoms. The van der Waals surface area contributed by atoms with Crippen LogP contribution in [0, 0.1) is 6.92 Å². The maximum Gasteiger partial charge on any atom is 0.206 e. The van der Waals surface area contributed by atoms with Crippen LogP contribution in [0.3, 0.4) is 0 Å². The molecule has 10 heavy (non-hydrogen) atoms. The van der Waals surface area contributed by atoms with E-state index in [1.807, 2.05) is 19.1 Å². The second kappa shape index (κ2) is 5.88. The molecular weight excluding hydrogens is 130 g/mol. The summed E-state index contributed by atoms with van der Waals surface area (Å²) in [6, 6.07) is 3.79. The monoisotopic (exact) mass is 141 g/mol. The smallest absolute Gasteiger partial charge is 0.206 e. The number of rotatable bonds is 1. The van der Waals surface area contributed by atoms with E-state index in [0.717, 1.165) is 5.76 Å². The molecule has 56 valence electrons. The van der Waals surface area contributed by atoms with Gasteiger partial charge < -0.3 is 9.73 Å². The van der Waals surface area contributed by atoms with Gasteiger partial charge in [-0.1, -0.05) is 0 Å². The van der Waals surface area contributed by atoms with Gasteiger partial charge in [0.2, 0.25) is 6.41 Å². The molecule has 0 aliphatic carbocycles. The lowest BCUT2D eigenvalue weighted by Crippen LogP contribution is -1.98. The summed E-state index contributed by atoms with van der Waals surface area (Å²) >= 11 is 0. The molecule has 0 fully saturated rings. The van der Waals surface area contributed by atoms with Gasteiger partial charge in [0.1, 0.15) is 5.76 Å². The van der Waals surface area contributed by atoms with Crippen LogP contribution in [0.5, 0.6) is 0 Å². The van der Waals surface area contributed by atoms with Crippen LogP contribution in [0.15, 0.2) is 22.8 Å². The van der Waals surface area contributed by atoms with Gasteiger partial charge >= 0.3 is 0 Å². The minimum atomic E-state index is 0.625. The van der Waals surface area contributed by atoms with Crippen molar-refractivity contribution in [2.24, 2.45) is 0 Å². The van der Waals surface area contributed by atoms with Crippen LogP contribution in [-0.4, -0.2) is 13.5 Å². The topological polar surface area (TPSA) is 42.2 Å². The lowest BCUT2D eigenvalue weighted by Gasteiger charge is -1.69. The molecule has 0 spiro atoms. The highest BCUT2D eigenvalue weighted by molar-refractivity contribution is 5.44. The third kappa shape index (κ3) is 4.90. The highest BCUT2D eigenvalue weighted by Crippen LogP contribution is 1.93. The minimum absolute atomic E-state index is 0.625. The average molecular weight is 141 g/mol. The van der Waals surface area contributed by atoms with E-state index in [2.05, 4.69) is 5.32 Å². The fraction of sp³-hybridized carbons (Fsp3) is 0.286. The Hall–Kier alpha value is -1.25. The highest BCUT2D eigenvalue weighted by Gasteiger charge is 1.75. The first kappa shape index (κ1) is 8.75. The fourth-order valence-electron chi connectivity index (χ4n) is 0.361. The molecule has 0 atom stereocenters. The molecule has 0 aliphatic heterocycles. The van der Waals surface area contributed by atoms with Crippen LogP contribution in [0.25, 0.3) is 0 Å². The van der Waals surface area contributed by atoms with Crippen molar-refractivity contribution >= 4 is 6.41 Å². The van der Waals surface area contributed by atoms with E-state index in [9.17, 15) is 0 Å². The number of hydrogen-bond donors (Lipinski definition) is 1. The summed E-state index contributed by atoms with van der Waals surface area (Å²) in [6.07, 6.45) is 2.29. The van der Waals surface area contributed by atoms with Crippen molar-refractivity contribution < 1.29 is 9.21 Å². The van der Waals surface area contributed by atoms with Crippen molar-refractivity contribution in [2.75, 3.05) is 7.05 Å². The van der Waals surface area contributed by atoms with E-state index in [1.165, 1.54) is 0 Å². The molecule has 0 aromatic carbocycles. The number of hydrogen-bond acceptors (Lipinski definition) is 2. The standard InChI is InChI=1S/C5H6O.C2H5NO/c1-5-3-2-4-6-5;1-3-2-4/h2-4H,1H3;2H,1H3,(H,3,4). The van der Waals surface area contributed by atoms with Gasteiger partial charge in [-0.25, -0.2) is 0 Å². The molecule has 1 heterocycles. The third-order valence-corrected chi connectivity index (χ3v) is 0.781. The molecule has 1 rings (SSSR count). The van der Waals surface area contributed by atoms with E-state index in [1.54, 1.807) is 13.3 Å². The van der Waals surface area contributed by atoms with Crippen LogP contribution in [0.1, 0.15) is 5.76 Å². The number of aryl methyl sites for hydroxylation is 1. The Balaban J connectivity index is 0.000000180. The lowest BCUT2D eigenvalue weighted by molar-refractivity contribution is -0.109. The van der Waals surface area contributed by atoms with Crippen LogP contribution < -0.4 is 5.32 Å². The number of nitrogens with one attached hydrogen (secondary N) is 1. The molecule has 1 N–H and O–H groups in total. The molecule has 3 heteroatoms. The number of carbonyl (C=O) groups excluding carboxylic acids is 1. The van der Waals surface area contributed by atoms with Gasteiger partial charge in [0.15, 0.2) is 0 Å². The van der Waals surface area contributed by atoms with Crippen molar-refractivity contribution in [2.45, 2.75) is 6.92 Å². The predicted octanol–water partition coefficient (Wildman–Crippen LogP) is 0.950. The second-order valence-electron chi connectivity index (χ2n) is 1.63. The van der Waals surface area contributed by atoms with Gasteiger partial charge in [-0.2, -0.15) is 0 Å². The summed E-state index contributed by atoms with van der Waals surface area (Å²) in [4.78, 5) is 9.06. The predicted molar refractivity (Wildman–Crippen MR) is 38.6 cm³/mol. The zero-order valence-corrected chi connectivity index (χ0v) is 6.13. The Kier molecular flexibility index (Phi) is 5.14. The maximum absolute atomic E-state index is 9.06. The number of amides is 1. The molecule has 1 aromatic rings. The Morgan fingerprint density at radius 2 is 2.30 bits per heavy atom. The zero-order valence-electron chi connectivity index (χ0n) is 6.13. The number of carbonyl (C=O) groups is 1. The second-order valence-corrected chi connectivity index (χ2v) is 1.63. The molecule has 1 amide bonds. The molecule has 0 saturated heterocycles. The summed E-state index contributed by atoms with van der Waals surface area (Å²) in [7, 11) is 1.56. The Morgan fingerprint density at radius 3 is 2.40 bits per heavy atom. The molecule has 0 saturated carbocycles. The van der Waals surface area contributed by atoms with E-state index >= 15 is 0 Å². The SMILES string of the molecule is CNC=O.Cc1ccco1. The van der Waals surface area contributed by atoms with Gasteiger partial charge in [-0.3, -0.25) is 4.79 Å². The van der Waals surface area contributed by atoms with Crippen LogP contribution >= 0.6 is 0 Å². The molecule has 0 aliphatic rings. The van der Waals surface area contributed by atoms with Crippen molar-refractivity contribution in [1.82, 2.24) is 5.32 Å². The maximum atomic E-state index is 9.06. The van der Waals surface area contributed by atoms with Crippen molar-refractivity contribution in [3.05, 3.63) is 24.2 Å². The van der Waals surface area contributed by atoms with E-state index < -0.39 is 0 Å². The molecule has 3 nitrogen and oxygen atoms in total. The fourth-order valence-corrected chi connectivity index (χ4v) is 0.361. The Bertz CT molecular complexity index is 158. The van der Waals surface area contributed by atoms with Crippen molar-refractivity contribution in [1.29, 1.82) is 0 Å². The first-order chi connectivity index (χ1) is 4.81. The van der Waals surface area contributed by atoms with Gasteiger partial charge in [-0.15, -0.1) is 0 Å². The van der Waals surface area contributed by atoms with E-state index in [0.29, 0.717) is 6.41 Å². The van der Waals surface area contributed by atoms with Crippen molar-refractivity contribution in [3.8, 4) is 0 Å². The average Bonchev–Trinajstić information content (AvgIpc) is 2.40. The molecule has 0 unspecified atom stereocenters. The third-order valence-electron chi connectivity index (χ3n) is 0.781. The molecule has 0 radical (unpaired) electrons. The normalized spacial score (nSPS) is 7.40. The molecular formula is C7H11NO2. The Labute approximate surface area is 60.0 Å². The number of furan rings is 1. The zero-order chi connectivity index (χ0) is 7.82. The van der Waals surface area contributed by atoms with Gasteiger partial charge in [0.25, 0.3) is 0 Å². The quantitative estimate of drug-likeness (QED) is 0.591. The van der Waals surface area contributed by atoms with Crippen molar-refractivity contribution in [3.63, 3.8) is 0 Å². The van der Waals surface area contributed by atoms with Gasteiger partial charge in [0, 0.05) is 7.05 Å². The summed E-state index contributed by atoms with van der Waals surface area (Å²) in [5, 5.41) is 2.25. The van der Waals surface area contributed by atoms with Gasteiger partial charge in [-0.05, 0) is 19.1 Å². The van der Waals surface area contributed by atoms with E-state index in [-0.39, 0.29) is 0 Å². The van der Waals surface area contributed by atoms with Crippen LogP contribution in [-0.2, 0) is 4.79 Å². The summed E-state index contributed by atoms with van der Waals surface area (Å²) < 4.78 is 4.83. The minimum Gasteiger partial charge on any atom is -0.470 e.